The summed E-state index contributed by atoms with van der Waals surface area (Å²) in [5.74, 6) is 1.96. The maximum atomic E-state index is 11.8. The molecule has 1 N–H and O–H groups in total. The molecule has 8 nitrogen and oxygen atoms in total. The van der Waals surface area contributed by atoms with Gasteiger partial charge in [-0.1, -0.05) is 0 Å². The summed E-state index contributed by atoms with van der Waals surface area (Å²) in [6.45, 7) is 9.43. The SMILES string of the molecule is CC(C)n1nnnc1CSCC(=O)NCCCN1CCOCC1. The first-order valence-corrected chi connectivity index (χ1v) is 9.23. The van der Waals surface area contributed by atoms with Crippen LogP contribution in [-0.2, 0) is 15.3 Å². The summed E-state index contributed by atoms with van der Waals surface area (Å²) >= 11 is 1.53. The van der Waals surface area contributed by atoms with Crippen molar-refractivity contribution in [2.75, 3.05) is 45.1 Å². The van der Waals surface area contributed by atoms with E-state index in [2.05, 4.69) is 25.7 Å². The van der Waals surface area contributed by atoms with Gasteiger partial charge in [-0.15, -0.1) is 16.9 Å². The molecule has 1 aliphatic heterocycles. The topological polar surface area (TPSA) is 85.2 Å². The van der Waals surface area contributed by atoms with E-state index in [1.807, 2.05) is 13.8 Å². The number of amides is 1. The fourth-order valence-electron chi connectivity index (χ4n) is 2.35. The fourth-order valence-corrected chi connectivity index (χ4v) is 3.11. The first-order valence-electron chi connectivity index (χ1n) is 8.08. The van der Waals surface area contributed by atoms with E-state index in [4.69, 9.17) is 4.74 Å². The van der Waals surface area contributed by atoms with Gasteiger partial charge in [0.2, 0.25) is 5.91 Å². The van der Waals surface area contributed by atoms with Gasteiger partial charge >= 0.3 is 0 Å². The van der Waals surface area contributed by atoms with E-state index in [0.717, 1.165) is 51.6 Å². The van der Waals surface area contributed by atoms with Crippen molar-refractivity contribution >= 4 is 17.7 Å². The molecule has 1 fully saturated rings. The highest BCUT2D eigenvalue weighted by molar-refractivity contribution is 7.99. The van der Waals surface area contributed by atoms with E-state index < -0.39 is 0 Å². The standard InChI is InChI=1S/C14H26N6O2S/c1-12(2)20-13(16-17-18-20)10-23-11-14(21)15-4-3-5-19-6-8-22-9-7-19/h12H,3-11H2,1-2H3,(H,15,21). The molecule has 130 valence electrons. The van der Waals surface area contributed by atoms with Gasteiger partial charge in [-0.25, -0.2) is 4.68 Å². The summed E-state index contributed by atoms with van der Waals surface area (Å²) < 4.78 is 7.10. The number of tetrazole rings is 1. The maximum absolute atomic E-state index is 11.8. The quantitative estimate of drug-likeness (QED) is 0.647. The first-order chi connectivity index (χ1) is 11.2. The molecule has 0 bridgehead atoms. The van der Waals surface area contributed by atoms with Crippen LogP contribution in [0.1, 0.15) is 32.1 Å². The Morgan fingerprint density at radius 1 is 1.39 bits per heavy atom. The number of hydrogen-bond acceptors (Lipinski definition) is 7. The van der Waals surface area contributed by atoms with Crippen LogP contribution < -0.4 is 5.32 Å². The molecule has 1 aromatic heterocycles. The molecule has 0 radical (unpaired) electrons. The van der Waals surface area contributed by atoms with Crippen LogP contribution in [0.5, 0.6) is 0 Å². The van der Waals surface area contributed by atoms with Gasteiger partial charge in [0.25, 0.3) is 0 Å². The molecule has 0 aliphatic carbocycles. The molecular weight excluding hydrogens is 316 g/mol. The number of carbonyl (C=O) groups is 1. The molecule has 1 saturated heterocycles. The van der Waals surface area contributed by atoms with Crippen molar-refractivity contribution < 1.29 is 9.53 Å². The predicted molar refractivity (Wildman–Crippen MR) is 89.2 cm³/mol. The van der Waals surface area contributed by atoms with Gasteiger partial charge in [-0.3, -0.25) is 9.69 Å². The number of nitrogens with zero attached hydrogens (tertiary/aromatic N) is 5. The Morgan fingerprint density at radius 2 is 2.17 bits per heavy atom. The molecule has 0 aromatic carbocycles. The highest BCUT2D eigenvalue weighted by Crippen LogP contribution is 2.12. The van der Waals surface area contributed by atoms with E-state index in [-0.39, 0.29) is 11.9 Å². The smallest absolute Gasteiger partial charge is 0.230 e. The number of ether oxygens (including phenoxy) is 1. The minimum absolute atomic E-state index is 0.0700. The second-order valence-electron chi connectivity index (χ2n) is 5.78. The van der Waals surface area contributed by atoms with Crippen LogP contribution in [0.4, 0.5) is 0 Å². The Balaban J connectivity index is 1.53. The van der Waals surface area contributed by atoms with Crippen molar-refractivity contribution in [3.8, 4) is 0 Å². The highest BCUT2D eigenvalue weighted by Gasteiger charge is 2.11. The third-order valence-corrected chi connectivity index (χ3v) is 4.52. The van der Waals surface area contributed by atoms with Crippen molar-refractivity contribution in [2.24, 2.45) is 0 Å². The third-order valence-electron chi connectivity index (χ3n) is 3.59. The van der Waals surface area contributed by atoms with Crippen molar-refractivity contribution in [3.05, 3.63) is 5.82 Å². The number of aromatic nitrogens is 4. The van der Waals surface area contributed by atoms with E-state index in [1.54, 1.807) is 4.68 Å². The molecule has 1 aliphatic rings. The van der Waals surface area contributed by atoms with Gasteiger partial charge in [-0.05, 0) is 37.2 Å². The maximum Gasteiger partial charge on any atom is 0.230 e. The molecule has 2 rings (SSSR count). The summed E-state index contributed by atoms with van der Waals surface area (Å²) in [5.41, 5.74) is 0. The van der Waals surface area contributed by atoms with Crippen LogP contribution >= 0.6 is 11.8 Å². The lowest BCUT2D eigenvalue weighted by Crippen LogP contribution is -2.38. The molecule has 2 heterocycles. The Morgan fingerprint density at radius 3 is 2.91 bits per heavy atom. The van der Waals surface area contributed by atoms with Gasteiger partial charge < -0.3 is 10.1 Å². The van der Waals surface area contributed by atoms with E-state index >= 15 is 0 Å². The van der Waals surface area contributed by atoms with Crippen LogP contribution in [0.15, 0.2) is 0 Å². The Labute approximate surface area is 141 Å². The summed E-state index contributed by atoms with van der Waals surface area (Å²) in [6, 6.07) is 0.231. The van der Waals surface area contributed by atoms with Crippen molar-refractivity contribution in [1.82, 2.24) is 30.4 Å². The van der Waals surface area contributed by atoms with Crippen molar-refractivity contribution in [1.29, 1.82) is 0 Å². The van der Waals surface area contributed by atoms with Gasteiger partial charge in [0, 0.05) is 19.6 Å². The lowest BCUT2D eigenvalue weighted by atomic mass is 10.3. The van der Waals surface area contributed by atoms with Crippen LogP contribution in [-0.4, -0.2) is 76.2 Å². The number of hydrogen-bond donors (Lipinski definition) is 1. The molecule has 1 aromatic rings. The fraction of sp³-hybridized carbons (Fsp3) is 0.857. The molecule has 0 saturated carbocycles. The average Bonchev–Trinajstić information content (AvgIpc) is 3.01. The van der Waals surface area contributed by atoms with Crippen molar-refractivity contribution in [2.45, 2.75) is 32.1 Å². The molecule has 0 atom stereocenters. The molecule has 9 heteroatoms. The summed E-state index contributed by atoms with van der Waals surface area (Å²) in [7, 11) is 0. The summed E-state index contributed by atoms with van der Waals surface area (Å²) in [4.78, 5) is 14.2. The molecule has 23 heavy (non-hydrogen) atoms. The predicted octanol–water partition coefficient (Wildman–Crippen LogP) is 0.326. The second kappa shape index (κ2) is 9.84. The number of nitrogens with one attached hydrogen (secondary N) is 1. The summed E-state index contributed by atoms with van der Waals surface area (Å²) in [5, 5.41) is 14.6. The zero-order valence-corrected chi connectivity index (χ0v) is 14.7. The van der Waals surface area contributed by atoms with Crippen LogP contribution in [0, 0.1) is 0 Å². The number of morpholine rings is 1. The zero-order valence-electron chi connectivity index (χ0n) is 13.9. The summed E-state index contributed by atoms with van der Waals surface area (Å²) in [6.07, 6.45) is 0.974. The van der Waals surface area contributed by atoms with Gasteiger partial charge in [0.15, 0.2) is 5.82 Å². The number of carbonyl (C=O) groups excluding carboxylic acids is 1. The van der Waals surface area contributed by atoms with Crippen LogP contribution in [0.25, 0.3) is 0 Å². The first kappa shape index (κ1) is 18.2. The third kappa shape index (κ3) is 6.44. The largest absolute Gasteiger partial charge is 0.379 e. The lowest BCUT2D eigenvalue weighted by Gasteiger charge is -2.26. The van der Waals surface area contributed by atoms with Crippen molar-refractivity contribution in [3.63, 3.8) is 0 Å². The Bertz CT molecular complexity index is 476. The minimum atomic E-state index is 0.0700. The lowest BCUT2D eigenvalue weighted by molar-refractivity contribution is -0.118. The normalized spacial score (nSPS) is 16.0. The van der Waals surface area contributed by atoms with E-state index in [0.29, 0.717) is 11.5 Å². The van der Waals surface area contributed by atoms with E-state index in [9.17, 15) is 4.79 Å². The number of thioether (sulfide) groups is 1. The minimum Gasteiger partial charge on any atom is -0.379 e. The van der Waals surface area contributed by atoms with Gasteiger partial charge in [-0.2, -0.15) is 0 Å². The Hall–Kier alpha value is -1.19. The molecule has 0 spiro atoms. The zero-order chi connectivity index (χ0) is 16.5. The highest BCUT2D eigenvalue weighted by atomic mass is 32.2. The molecular formula is C14H26N6O2S. The van der Waals surface area contributed by atoms with E-state index in [1.165, 1.54) is 11.8 Å². The monoisotopic (exact) mass is 342 g/mol. The second-order valence-corrected chi connectivity index (χ2v) is 6.77. The van der Waals surface area contributed by atoms with Crippen LogP contribution in [0.2, 0.25) is 0 Å². The van der Waals surface area contributed by atoms with Gasteiger partial charge in [0.05, 0.1) is 30.8 Å². The average molecular weight is 342 g/mol. The molecule has 1 amide bonds. The number of rotatable bonds is 9. The molecule has 0 unspecified atom stereocenters. The van der Waals surface area contributed by atoms with Gasteiger partial charge in [0.1, 0.15) is 0 Å². The Kier molecular flexibility index (Phi) is 7.77. The van der Waals surface area contributed by atoms with Crippen LogP contribution in [0.3, 0.4) is 0 Å².